The van der Waals surface area contributed by atoms with Crippen LogP contribution in [0.15, 0.2) is 17.9 Å². The SMILES string of the molecule is COC1=C2c3cc4c(cc3CCN3CCC[C@]23C[C@H]1O)OCO4. The quantitative estimate of drug-likeness (QED) is 0.858. The molecule has 0 aromatic heterocycles. The van der Waals surface area contributed by atoms with Crippen molar-refractivity contribution in [1.82, 2.24) is 4.90 Å². The molecule has 5 heteroatoms. The van der Waals surface area contributed by atoms with Crippen LogP contribution in [0.3, 0.4) is 0 Å². The summed E-state index contributed by atoms with van der Waals surface area (Å²) >= 11 is 0. The minimum atomic E-state index is -0.521. The van der Waals surface area contributed by atoms with Crippen LogP contribution in [0.5, 0.6) is 11.5 Å². The van der Waals surface area contributed by atoms with Gasteiger partial charge < -0.3 is 19.3 Å². The summed E-state index contributed by atoms with van der Waals surface area (Å²) in [6, 6.07) is 4.20. The minimum absolute atomic E-state index is 0.0797. The van der Waals surface area contributed by atoms with Crippen LogP contribution in [0, 0.1) is 0 Å². The Morgan fingerprint density at radius 1 is 1.26 bits per heavy atom. The highest BCUT2D eigenvalue weighted by atomic mass is 16.7. The molecule has 23 heavy (non-hydrogen) atoms. The van der Waals surface area contributed by atoms with E-state index in [9.17, 15) is 5.11 Å². The molecular weight excluding hydrogens is 294 g/mol. The van der Waals surface area contributed by atoms with Gasteiger partial charge in [-0.15, -0.1) is 0 Å². The largest absolute Gasteiger partial charge is 0.498 e. The summed E-state index contributed by atoms with van der Waals surface area (Å²) in [4.78, 5) is 2.55. The van der Waals surface area contributed by atoms with Gasteiger partial charge >= 0.3 is 0 Å². The summed E-state index contributed by atoms with van der Waals surface area (Å²) in [5.74, 6) is 2.37. The number of fused-ring (bicyclic) bond motifs is 3. The fraction of sp³-hybridized carbons (Fsp3) is 0.556. The summed E-state index contributed by atoms with van der Waals surface area (Å²) in [5.41, 5.74) is 3.54. The average molecular weight is 315 g/mol. The van der Waals surface area contributed by atoms with Crippen LogP contribution in [0.2, 0.25) is 0 Å². The molecule has 2 atom stereocenters. The van der Waals surface area contributed by atoms with E-state index in [0.29, 0.717) is 0 Å². The normalized spacial score (nSPS) is 31.7. The number of hydrogen-bond donors (Lipinski definition) is 1. The molecule has 1 aliphatic carbocycles. The summed E-state index contributed by atoms with van der Waals surface area (Å²) in [7, 11) is 1.67. The molecule has 1 spiro atoms. The zero-order valence-electron chi connectivity index (χ0n) is 13.3. The van der Waals surface area contributed by atoms with Crippen molar-refractivity contribution in [2.45, 2.75) is 37.3 Å². The van der Waals surface area contributed by atoms with Gasteiger partial charge in [0.25, 0.3) is 0 Å². The molecule has 5 rings (SSSR count). The standard InChI is InChI=1S/C18H21NO4/c1-21-17-13(20)9-18-4-2-5-19(18)6-3-11-7-14-15(23-10-22-14)8-12(11)16(17)18/h7-8,13,20H,2-6,9-10H2,1H3/t13-,18+/m1/s1. The third-order valence-electron chi connectivity index (χ3n) is 5.91. The Morgan fingerprint density at radius 2 is 2.09 bits per heavy atom. The van der Waals surface area contributed by atoms with Gasteiger partial charge in [-0.2, -0.15) is 0 Å². The highest BCUT2D eigenvalue weighted by Crippen LogP contribution is 2.54. The first-order valence-corrected chi connectivity index (χ1v) is 8.37. The highest BCUT2D eigenvalue weighted by molar-refractivity contribution is 5.82. The zero-order chi connectivity index (χ0) is 15.6. The Balaban J connectivity index is 1.78. The van der Waals surface area contributed by atoms with E-state index in [-0.39, 0.29) is 12.3 Å². The fourth-order valence-corrected chi connectivity index (χ4v) is 4.99. The van der Waals surface area contributed by atoms with Crippen LogP contribution in [0.1, 0.15) is 30.4 Å². The van der Waals surface area contributed by atoms with Crippen molar-refractivity contribution >= 4 is 5.57 Å². The van der Waals surface area contributed by atoms with Gasteiger partial charge in [-0.25, -0.2) is 0 Å². The first-order chi connectivity index (χ1) is 11.2. The number of nitrogens with zero attached hydrogens (tertiary/aromatic N) is 1. The van der Waals surface area contributed by atoms with E-state index >= 15 is 0 Å². The maximum atomic E-state index is 10.6. The average Bonchev–Trinajstić information content (AvgIpc) is 3.20. The molecule has 5 nitrogen and oxygen atoms in total. The van der Waals surface area contributed by atoms with E-state index in [0.717, 1.165) is 49.6 Å². The molecular formula is C18H21NO4. The second-order valence-electron chi connectivity index (χ2n) is 6.90. The van der Waals surface area contributed by atoms with Gasteiger partial charge in [0, 0.05) is 18.5 Å². The lowest BCUT2D eigenvalue weighted by atomic mass is 9.83. The summed E-state index contributed by atoms with van der Waals surface area (Å²) in [5, 5.41) is 10.6. The van der Waals surface area contributed by atoms with Crippen LogP contribution in [0.25, 0.3) is 5.57 Å². The molecule has 0 radical (unpaired) electrons. The number of aliphatic hydroxyl groups excluding tert-OH is 1. The van der Waals surface area contributed by atoms with Crippen LogP contribution in [-0.4, -0.2) is 48.6 Å². The lowest BCUT2D eigenvalue weighted by molar-refractivity contribution is 0.101. The van der Waals surface area contributed by atoms with Crippen molar-refractivity contribution in [3.05, 3.63) is 29.0 Å². The van der Waals surface area contributed by atoms with E-state index in [4.69, 9.17) is 14.2 Å². The smallest absolute Gasteiger partial charge is 0.231 e. The van der Waals surface area contributed by atoms with E-state index in [1.165, 1.54) is 23.1 Å². The molecule has 1 saturated heterocycles. The number of benzene rings is 1. The molecule has 0 amide bonds. The lowest BCUT2D eigenvalue weighted by Gasteiger charge is -2.36. The molecule has 3 aliphatic heterocycles. The molecule has 0 unspecified atom stereocenters. The van der Waals surface area contributed by atoms with Crippen molar-refractivity contribution in [2.24, 2.45) is 0 Å². The number of methoxy groups -OCH3 is 1. The van der Waals surface area contributed by atoms with Crippen molar-refractivity contribution in [1.29, 1.82) is 0 Å². The van der Waals surface area contributed by atoms with Gasteiger partial charge in [-0.3, -0.25) is 4.90 Å². The Morgan fingerprint density at radius 3 is 2.91 bits per heavy atom. The molecule has 1 N–H and O–H groups in total. The van der Waals surface area contributed by atoms with Gasteiger partial charge in [0.1, 0.15) is 11.9 Å². The zero-order valence-corrected chi connectivity index (χ0v) is 13.3. The Labute approximate surface area is 135 Å². The molecule has 1 aromatic carbocycles. The summed E-state index contributed by atoms with van der Waals surface area (Å²) in [6.07, 6.45) is 3.46. The van der Waals surface area contributed by atoms with Gasteiger partial charge in [0.05, 0.1) is 12.6 Å². The summed E-state index contributed by atoms with van der Waals surface area (Å²) in [6.45, 7) is 2.39. The predicted molar refractivity (Wildman–Crippen MR) is 84.4 cm³/mol. The van der Waals surface area contributed by atoms with Gasteiger partial charge in [0.2, 0.25) is 6.79 Å². The van der Waals surface area contributed by atoms with Crippen LogP contribution >= 0.6 is 0 Å². The molecule has 1 aromatic rings. The van der Waals surface area contributed by atoms with Crippen LogP contribution in [0.4, 0.5) is 0 Å². The fourth-order valence-electron chi connectivity index (χ4n) is 4.99. The molecule has 1 fully saturated rings. The van der Waals surface area contributed by atoms with Crippen molar-refractivity contribution in [3.63, 3.8) is 0 Å². The molecule has 3 heterocycles. The second-order valence-corrected chi connectivity index (χ2v) is 6.90. The third-order valence-corrected chi connectivity index (χ3v) is 5.91. The Kier molecular flexibility index (Phi) is 2.77. The van der Waals surface area contributed by atoms with Gasteiger partial charge in [-0.05, 0) is 49.1 Å². The topological polar surface area (TPSA) is 51.2 Å². The lowest BCUT2D eigenvalue weighted by Crippen LogP contribution is -2.43. The predicted octanol–water partition coefficient (Wildman–Crippen LogP) is 1.93. The first-order valence-electron chi connectivity index (χ1n) is 8.37. The van der Waals surface area contributed by atoms with Crippen LogP contribution < -0.4 is 9.47 Å². The Hall–Kier alpha value is -1.72. The van der Waals surface area contributed by atoms with E-state index in [1.807, 2.05) is 0 Å². The minimum Gasteiger partial charge on any atom is -0.498 e. The highest BCUT2D eigenvalue weighted by Gasteiger charge is 2.54. The van der Waals surface area contributed by atoms with Crippen LogP contribution in [-0.2, 0) is 11.2 Å². The monoisotopic (exact) mass is 315 g/mol. The first kappa shape index (κ1) is 13.7. The number of aliphatic hydroxyl groups is 1. The Bertz CT molecular complexity index is 713. The maximum Gasteiger partial charge on any atom is 0.231 e. The van der Waals surface area contributed by atoms with Crippen molar-refractivity contribution in [3.8, 4) is 11.5 Å². The van der Waals surface area contributed by atoms with E-state index in [2.05, 4.69) is 17.0 Å². The van der Waals surface area contributed by atoms with Gasteiger partial charge in [0.15, 0.2) is 11.5 Å². The second kappa shape index (κ2) is 4.65. The molecule has 4 aliphatic rings. The molecule has 122 valence electrons. The molecule has 0 bridgehead atoms. The van der Waals surface area contributed by atoms with Crippen molar-refractivity contribution < 1.29 is 19.3 Å². The maximum absolute atomic E-state index is 10.6. The van der Waals surface area contributed by atoms with Gasteiger partial charge in [-0.1, -0.05) is 0 Å². The van der Waals surface area contributed by atoms with E-state index < -0.39 is 6.10 Å². The summed E-state index contributed by atoms with van der Waals surface area (Å²) < 4.78 is 16.8. The van der Waals surface area contributed by atoms with Crippen molar-refractivity contribution in [2.75, 3.05) is 27.0 Å². The number of hydrogen-bond acceptors (Lipinski definition) is 5. The molecule has 0 saturated carbocycles. The third kappa shape index (κ3) is 1.69. The number of rotatable bonds is 1. The number of ether oxygens (including phenoxy) is 3. The van der Waals surface area contributed by atoms with E-state index in [1.54, 1.807) is 7.11 Å².